The Morgan fingerprint density at radius 2 is 1.84 bits per heavy atom. The number of methoxy groups -OCH3 is 1. The van der Waals surface area contributed by atoms with Crippen LogP contribution in [-0.2, 0) is 20.4 Å². The molecule has 0 unspecified atom stereocenters. The highest BCUT2D eigenvalue weighted by atomic mass is 32.1. The minimum atomic E-state index is -0.565. The summed E-state index contributed by atoms with van der Waals surface area (Å²) < 4.78 is 9.66. The first-order valence-corrected chi connectivity index (χ1v) is 9.37. The molecule has 1 aliphatic rings. The lowest BCUT2D eigenvalue weighted by Crippen LogP contribution is -2.48. The van der Waals surface area contributed by atoms with Gasteiger partial charge in [0.1, 0.15) is 5.82 Å². The van der Waals surface area contributed by atoms with Gasteiger partial charge in [0, 0.05) is 30.0 Å². The molecule has 0 atom stereocenters. The van der Waals surface area contributed by atoms with E-state index < -0.39 is 5.41 Å². The zero-order valence-electron chi connectivity index (χ0n) is 15.3. The maximum Gasteiger partial charge on any atom is 0.316 e. The van der Waals surface area contributed by atoms with Gasteiger partial charge in [0.2, 0.25) is 5.13 Å². The molecule has 0 radical (unpaired) electrons. The van der Waals surface area contributed by atoms with E-state index in [0.29, 0.717) is 12.8 Å². The summed E-state index contributed by atoms with van der Waals surface area (Å²) in [6.07, 6.45) is 1.43. The van der Waals surface area contributed by atoms with Crippen LogP contribution in [0.3, 0.4) is 0 Å². The van der Waals surface area contributed by atoms with Crippen LogP contribution in [0.5, 0.6) is 0 Å². The summed E-state index contributed by atoms with van der Waals surface area (Å²) in [5, 5.41) is 0.941. The zero-order chi connectivity index (χ0) is 18.1. The second-order valence-corrected chi connectivity index (χ2v) is 8.31. The van der Waals surface area contributed by atoms with Crippen LogP contribution in [0.15, 0.2) is 30.3 Å². The lowest BCUT2D eigenvalue weighted by molar-refractivity contribution is -0.148. The van der Waals surface area contributed by atoms with Gasteiger partial charge in [0.25, 0.3) is 0 Å². The molecule has 0 spiro atoms. The number of nitrogens with zero attached hydrogens (tertiary/aromatic N) is 3. The maximum absolute atomic E-state index is 12.6. The van der Waals surface area contributed by atoms with E-state index in [-0.39, 0.29) is 11.4 Å². The van der Waals surface area contributed by atoms with E-state index in [1.54, 1.807) is 0 Å². The third-order valence-electron chi connectivity index (χ3n) is 4.88. The van der Waals surface area contributed by atoms with Gasteiger partial charge in [0.15, 0.2) is 0 Å². The van der Waals surface area contributed by atoms with E-state index in [2.05, 4.69) is 30.0 Å². The Morgan fingerprint density at radius 1 is 1.20 bits per heavy atom. The van der Waals surface area contributed by atoms with Gasteiger partial charge in [-0.15, -0.1) is 0 Å². The van der Waals surface area contributed by atoms with Crippen molar-refractivity contribution < 1.29 is 9.53 Å². The molecule has 134 valence electrons. The number of ether oxygens (including phenoxy) is 1. The van der Waals surface area contributed by atoms with Crippen molar-refractivity contribution in [1.29, 1.82) is 0 Å². The van der Waals surface area contributed by atoms with Gasteiger partial charge in [-0.2, -0.15) is 4.37 Å². The molecule has 0 amide bonds. The first-order valence-electron chi connectivity index (χ1n) is 8.60. The molecular weight excluding hydrogens is 334 g/mol. The molecule has 2 aromatic rings. The summed E-state index contributed by atoms with van der Waals surface area (Å²) in [6, 6.07) is 9.98. The van der Waals surface area contributed by atoms with Crippen LogP contribution in [0, 0.1) is 0 Å². The molecule has 1 fully saturated rings. The number of benzene rings is 1. The molecule has 1 aliphatic heterocycles. The Labute approximate surface area is 153 Å². The van der Waals surface area contributed by atoms with Crippen LogP contribution in [-0.4, -0.2) is 35.5 Å². The third-order valence-corrected chi connectivity index (χ3v) is 5.65. The standard InChI is InChI=1S/C19H25N3O2S/c1-18(2,3)15-20-17(25-21-15)22-12-10-19(11-13-22,16(23)24-4)14-8-6-5-7-9-14/h5-9H,10-13H2,1-4H3. The molecule has 2 heterocycles. The number of anilines is 1. The topological polar surface area (TPSA) is 55.3 Å². The average molecular weight is 359 g/mol. The molecular formula is C19H25N3O2S. The van der Waals surface area contributed by atoms with Crippen molar-refractivity contribution in [3.05, 3.63) is 41.7 Å². The number of carbonyl (C=O) groups excluding carboxylic acids is 1. The summed E-state index contributed by atoms with van der Waals surface area (Å²) in [4.78, 5) is 19.5. The molecule has 0 aliphatic carbocycles. The van der Waals surface area contributed by atoms with Crippen LogP contribution >= 0.6 is 11.5 Å². The van der Waals surface area contributed by atoms with E-state index in [1.807, 2.05) is 30.3 Å². The monoisotopic (exact) mass is 359 g/mol. The Hall–Kier alpha value is -1.95. The van der Waals surface area contributed by atoms with Crippen LogP contribution in [0.2, 0.25) is 0 Å². The van der Waals surface area contributed by atoms with E-state index in [4.69, 9.17) is 9.72 Å². The predicted octanol–water partition coefficient (Wildman–Crippen LogP) is 3.55. The largest absolute Gasteiger partial charge is 0.468 e. The summed E-state index contributed by atoms with van der Waals surface area (Å²) in [6.45, 7) is 7.89. The Balaban J connectivity index is 1.81. The van der Waals surface area contributed by atoms with Gasteiger partial charge in [-0.05, 0) is 18.4 Å². The summed E-state index contributed by atoms with van der Waals surface area (Å²) >= 11 is 1.44. The number of esters is 1. The SMILES string of the molecule is COC(=O)C1(c2ccccc2)CCN(c2nc(C(C)(C)C)ns2)CC1. The number of rotatable bonds is 3. The molecule has 0 saturated carbocycles. The number of piperidine rings is 1. The van der Waals surface area contributed by atoms with Crippen LogP contribution in [0.1, 0.15) is 45.0 Å². The average Bonchev–Trinajstić information content (AvgIpc) is 3.12. The van der Waals surface area contributed by atoms with Gasteiger partial charge in [0.05, 0.1) is 12.5 Å². The Kier molecular flexibility index (Phi) is 4.82. The van der Waals surface area contributed by atoms with Gasteiger partial charge in [-0.25, -0.2) is 4.98 Å². The van der Waals surface area contributed by atoms with Crippen molar-refractivity contribution in [3.8, 4) is 0 Å². The van der Waals surface area contributed by atoms with Crippen LogP contribution in [0.25, 0.3) is 0 Å². The fourth-order valence-electron chi connectivity index (χ4n) is 3.29. The van der Waals surface area contributed by atoms with Crippen molar-refractivity contribution in [2.45, 2.75) is 44.4 Å². The molecule has 0 N–H and O–H groups in total. The van der Waals surface area contributed by atoms with Crippen molar-refractivity contribution in [2.75, 3.05) is 25.1 Å². The summed E-state index contributed by atoms with van der Waals surface area (Å²) in [7, 11) is 1.47. The lowest BCUT2D eigenvalue weighted by atomic mass is 9.73. The van der Waals surface area contributed by atoms with E-state index in [9.17, 15) is 4.79 Å². The molecule has 5 nitrogen and oxygen atoms in total. The zero-order valence-corrected chi connectivity index (χ0v) is 16.1. The minimum Gasteiger partial charge on any atom is -0.468 e. The smallest absolute Gasteiger partial charge is 0.316 e. The highest BCUT2D eigenvalue weighted by Crippen LogP contribution is 2.38. The number of aromatic nitrogens is 2. The minimum absolute atomic E-state index is 0.0512. The number of hydrogen-bond acceptors (Lipinski definition) is 6. The molecule has 25 heavy (non-hydrogen) atoms. The molecule has 1 saturated heterocycles. The number of carbonyl (C=O) groups is 1. The normalized spacial score (nSPS) is 17.4. The van der Waals surface area contributed by atoms with Crippen LogP contribution < -0.4 is 4.90 Å². The third kappa shape index (κ3) is 3.40. The first kappa shape index (κ1) is 17.9. The molecule has 1 aromatic heterocycles. The van der Waals surface area contributed by atoms with Crippen molar-refractivity contribution >= 4 is 22.6 Å². The van der Waals surface area contributed by atoms with Gasteiger partial charge < -0.3 is 9.64 Å². The quantitative estimate of drug-likeness (QED) is 0.785. The summed E-state index contributed by atoms with van der Waals surface area (Å²) in [5.41, 5.74) is 0.420. The summed E-state index contributed by atoms with van der Waals surface area (Å²) in [5.74, 6) is 0.728. The van der Waals surface area contributed by atoms with Crippen molar-refractivity contribution in [3.63, 3.8) is 0 Å². The Morgan fingerprint density at radius 3 is 2.36 bits per heavy atom. The van der Waals surface area contributed by atoms with Crippen molar-refractivity contribution in [1.82, 2.24) is 9.36 Å². The van der Waals surface area contributed by atoms with E-state index in [1.165, 1.54) is 18.6 Å². The highest BCUT2D eigenvalue weighted by molar-refractivity contribution is 7.09. The van der Waals surface area contributed by atoms with Gasteiger partial charge in [-0.3, -0.25) is 4.79 Å². The molecule has 1 aromatic carbocycles. The number of hydrogen-bond donors (Lipinski definition) is 0. The second kappa shape index (κ2) is 6.75. The fourth-order valence-corrected chi connectivity index (χ4v) is 4.20. The van der Waals surface area contributed by atoms with E-state index >= 15 is 0 Å². The van der Waals surface area contributed by atoms with Gasteiger partial charge >= 0.3 is 5.97 Å². The molecule has 6 heteroatoms. The van der Waals surface area contributed by atoms with E-state index in [0.717, 1.165) is 29.6 Å². The molecule has 3 rings (SSSR count). The first-order chi connectivity index (χ1) is 11.9. The van der Waals surface area contributed by atoms with Crippen molar-refractivity contribution in [2.24, 2.45) is 0 Å². The highest BCUT2D eigenvalue weighted by Gasteiger charge is 2.44. The van der Waals surface area contributed by atoms with Crippen LogP contribution in [0.4, 0.5) is 5.13 Å². The molecule has 0 bridgehead atoms. The fraction of sp³-hybridized carbons (Fsp3) is 0.526. The lowest BCUT2D eigenvalue weighted by Gasteiger charge is -2.39. The predicted molar refractivity (Wildman–Crippen MR) is 100 cm³/mol. The van der Waals surface area contributed by atoms with Gasteiger partial charge in [-0.1, -0.05) is 51.1 Å². The Bertz CT molecular complexity index is 729. The maximum atomic E-state index is 12.6. The second-order valence-electron chi connectivity index (χ2n) is 7.58.